The molecule has 1 aromatic carbocycles. The second kappa shape index (κ2) is 7.26. The lowest BCUT2D eigenvalue weighted by Crippen LogP contribution is -2.43. The number of aryl methyl sites for hydroxylation is 2. The molecule has 0 aliphatic rings. The number of aliphatic hydroxyl groups excluding tert-OH is 1. The Morgan fingerprint density at radius 2 is 1.90 bits per heavy atom. The Kier molecular flexibility index (Phi) is 5.98. The number of hydrogen-bond donors (Lipinski definition) is 3. The molecular formula is C15H23NO4. The summed E-state index contributed by atoms with van der Waals surface area (Å²) < 4.78 is 5.52. The summed E-state index contributed by atoms with van der Waals surface area (Å²) in [5.74, 6) is 0.528. The van der Waals surface area contributed by atoms with Crippen LogP contribution in [0.1, 0.15) is 24.5 Å². The van der Waals surface area contributed by atoms with Gasteiger partial charge in [0.15, 0.2) is 0 Å². The molecule has 0 bridgehead atoms. The molecule has 1 amide bonds. The fourth-order valence-electron chi connectivity index (χ4n) is 1.71. The van der Waals surface area contributed by atoms with Crippen LogP contribution >= 0.6 is 0 Å². The van der Waals surface area contributed by atoms with Crippen LogP contribution in [0.3, 0.4) is 0 Å². The summed E-state index contributed by atoms with van der Waals surface area (Å²) in [5.41, 5.74) is 0.941. The van der Waals surface area contributed by atoms with Crippen molar-refractivity contribution in [1.82, 2.24) is 5.32 Å². The van der Waals surface area contributed by atoms with Gasteiger partial charge < -0.3 is 20.3 Å². The van der Waals surface area contributed by atoms with Gasteiger partial charge >= 0.3 is 0 Å². The molecule has 3 N–H and O–H groups in total. The van der Waals surface area contributed by atoms with Crippen LogP contribution in [-0.2, 0) is 4.79 Å². The highest BCUT2D eigenvalue weighted by molar-refractivity contribution is 5.76. The van der Waals surface area contributed by atoms with Crippen molar-refractivity contribution < 1.29 is 19.7 Å². The van der Waals surface area contributed by atoms with Crippen molar-refractivity contribution in [1.29, 1.82) is 0 Å². The number of hydrogen-bond acceptors (Lipinski definition) is 4. The fourth-order valence-corrected chi connectivity index (χ4v) is 1.71. The molecule has 0 heterocycles. The molecule has 112 valence electrons. The van der Waals surface area contributed by atoms with E-state index < -0.39 is 12.2 Å². The zero-order chi connectivity index (χ0) is 15.2. The first-order chi connectivity index (χ1) is 9.32. The van der Waals surface area contributed by atoms with Gasteiger partial charge in [-0.25, -0.2) is 0 Å². The minimum Gasteiger partial charge on any atom is -0.493 e. The van der Waals surface area contributed by atoms with Gasteiger partial charge in [0.2, 0.25) is 5.91 Å². The number of carbonyl (C=O) groups excluding carboxylic acids is 1. The maximum atomic E-state index is 11.5. The summed E-state index contributed by atoms with van der Waals surface area (Å²) in [6.07, 6.45) is 0.203. The van der Waals surface area contributed by atoms with Crippen molar-refractivity contribution in [2.24, 2.45) is 0 Å². The van der Waals surface area contributed by atoms with Gasteiger partial charge in [0.05, 0.1) is 19.6 Å². The highest BCUT2D eigenvalue weighted by Crippen LogP contribution is 2.16. The molecule has 0 radical (unpaired) electrons. The van der Waals surface area contributed by atoms with Gasteiger partial charge in [-0.1, -0.05) is 6.07 Å². The van der Waals surface area contributed by atoms with Crippen LogP contribution in [0, 0.1) is 13.8 Å². The number of aliphatic hydroxyl groups is 2. The topological polar surface area (TPSA) is 78.8 Å². The lowest BCUT2D eigenvalue weighted by molar-refractivity contribution is -0.123. The Morgan fingerprint density at radius 1 is 1.30 bits per heavy atom. The van der Waals surface area contributed by atoms with E-state index >= 15 is 0 Å². The van der Waals surface area contributed by atoms with Crippen LogP contribution in [0.25, 0.3) is 0 Å². The smallest absolute Gasteiger partial charge is 0.223 e. The van der Waals surface area contributed by atoms with E-state index in [9.17, 15) is 9.90 Å². The first kappa shape index (κ1) is 16.5. The third-order valence-electron chi connectivity index (χ3n) is 2.80. The molecule has 0 saturated heterocycles. The molecule has 0 aromatic heterocycles. The molecule has 1 unspecified atom stereocenters. The molecular weight excluding hydrogens is 258 g/mol. The highest BCUT2D eigenvalue weighted by Gasteiger charge is 2.19. The molecule has 0 fully saturated rings. The molecule has 5 nitrogen and oxygen atoms in total. The van der Waals surface area contributed by atoms with E-state index in [2.05, 4.69) is 11.4 Å². The largest absolute Gasteiger partial charge is 0.493 e. The molecule has 0 saturated carbocycles. The van der Waals surface area contributed by atoms with Crippen molar-refractivity contribution in [3.63, 3.8) is 0 Å². The molecule has 1 aromatic rings. The Labute approximate surface area is 119 Å². The highest BCUT2D eigenvalue weighted by atomic mass is 16.5. The van der Waals surface area contributed by atoms with Gasteiger partial charge in [0, 0.05) is 6.54 Å². The van der Waals surface area contributed by atoms with Gasteiger partial charge in [0.1, 0.15) is 11.4 Å². The van der Waals surface area contributed by atoms with Gasteiger partial charge in [-0.2, -0.15) is 0 Å². The van der Waals surface area contributed by atoms with Crippen LogP contribution in [-0.4, -0.2) is 41.5 Å². The van der Waals surface area contributed by atoms with Crippen LogP contribution in [0.2, 0.25) is 0 Å². The van der Waals surface area contributed by atoms with Crippen molar-refractivity contribution in [3.05, 3.63) is 29.3 Å². The summed E-state index contributed by atoms with van der Waals surface area (Å²) in [4.78, 5) is 11.5. The van der Waals surface area contributed by atoms with E-state index in [-0.39, 0.29) is 25.5 Å². The average Bonchev–Trinajstić information content (AvgIpc) is 2.35. The second-order valence-corrected chi connectivity index (χ2v) is 5.35. The van der Waals surface area contributed by atoms with Gasteiger partial charge in [-0.05, 0) is 44.0 Å². The van der Waals surface area contributed by atoms with E-state index in [4.69, 9.17) is 9.84 Å². The lowest BCUT2D eigenvalue weighted by atomic mass is 10.1. The molecule has 5 heteroatoms. The normalized spacial score (nSPS) is 13.7. The van der Waals surface area contributed by atoms with E-state index in [0.29, 0.717) is 0 Å². The molecule has 1 rings (SSSR count). The van der Waals surface area contributed by atoms with Crippen molar-refractivity contribution >= 4 is 5.91 Å². The molecule has 1 atom stereocenters. The first-order valence-corrected chi connectivity index (χ1v) is 6.63. The molecule has 0 spiro atoms. The summed E-state index contributed by atoms with van der Waals surface area (Å²) in [7, 11) is 0. The Balaban J connectivity index is 2.31. The molecule has 20 heavy (non-hydrogen) atoms. The van der Waals surface area contributed by atoms with Crippen LogP contribution in [0.4, 0.5) is 0 Å². The minimum atomic E-state index is -1.29. The quantitative estimate of drug-likeness (QED) is 0.695. The number of ether oxygens (including phenoxy) is 1. The summed E-state index contributed by atoms with van der Waals surface area (Å²) in [6.45, 7) is 5.33. The summed E-state index contributed by atoms with van der Waals surface area (Å²) >= 11 is 0. The SMILES string of the molecule is Cc1cc(C)cc(OCCC(=O)NCC(C)(O)CO)c1. The number of nitrogens with one attached hydrogen (secondary N) is 1. The molecule has 0 aliphatic carbocycles. The average molecular weight is 281 g/mol. The number of rotatable bonds is 7. The van der Waals surface area contributed by atoms with Crippen LogP contribution < -0.4 is 10.1 Å². The van der Waals surface area contributed by atoms with Gasteiger partial charge in [-0.15, -0.1) is 0 Å². The zero-order valence-electron chi connectivity index (χ0n) is 12.3. The van der Waals surface area contributed by atoms with Crippen molar-refractivity contribution in [2.45, 2.75) is 32.8 Å². The minimum absolute atomic E-state index is 0.0197. The van der Waals surface area contributed by atoms with Gasteiger partial charge in [-0.3, -0.25) is 4.79 Å². The molecule has 0 aliphatic heterocycles. The van der Waals surface area contributed by atoms with Crippen LogP contribution in [0.5, 0.6) is 5.75 Å². The second-order valence-electron chi connectivity index (χ2n) is 5.35. The Morgan fingerprint density at radius 3 is 2.45 bits per heavy atom. The predicted molar refractivity (Wildman–Crippen MR) is 76.7 cm³/mol. The van der Waals surface area contributed by atoms with E-state index in [1.165, 1.54) is 6.92 Å². The Hall–Kier alpha value is -1.59. The van der Waals surface area contributed by atoms with Gasteiger partial charge in [0.25, 0.3) is 0 Å². The van der Waals surface area contributed by atoms with E-state index in [1.807, 2.05) is 26.0 Å². The van der Waals surface area contributed by atoms with Crippen molar-refractivity contribution in [3.8, 4) is 5.75 Å². The third kappa shape index (κ3) is 6.04. The van der Waals surface area contributed by atoms with Crippen LogP contribution in [0.15, 0.2) is 18.2 Å². The predicted octanol–water partition coefficient (Wildman–Crippen LogP) is 0.932. The number of carbonyl (C=O) groups is 1. The number of benzene rings is 1. The third-order valence-corrected chi connectivity index (χ3v) is 2.80. The summed E-state index contributed by atoms with van der Waals surface area (Å²) in [5, 5.41) is 21.0. The zero-order valence-corrected chi connectivity index (χ0v) is 12.3. The van der Waals surface area contributed by atoms with E-state index in [1.54, 1.807) is 0 Å². The number of amides is 1. The Bertz CT molecular complexity index is 437. The monoisotopic (exact) mass is 281 g/mol. The maximum Gasteiger partial charge on any atom is 0.223 e. The first-order valence-electron chi connectivity index (χ1n) is 6.63. The lowest BCUT2D eigenvalue weighted by Gasteiger charge is -2.20. The standard InChI is InChI=1S/C15H23NO4/c1-11-6-12(2)8-13(7-11)20-5-4-14(18)16-9-15(3,19)10-17/h6-8,17,19H,4-5,9-10H2,1-3H3,(H,16,18). The van der Waals surface area contributed by atoms with E-state index in [0.717, 1.165) is 16.9 Å². The maximum absolute atomic E-state index is 11.5. The summed E-state index contributed by atoms with van der Waals surface area (Å²) in [6, 6.07) is 5.89. The fraction of sp³-hybridized carbons (Fsp3) is 0.533. The van der Waals surface area contributed by atoms with Crippen molar-refractivity contribution in [2.75, 3.05) is 19.8 Å².